The van der Waals surface area contributed by atoms with Crippen molar-refractivity contribution in [2.45, 2.75) is 123 Å². The van der Waals surface area contributed by atoms with E-state index in [0.717, 1.165) is 36.4 Å². The Labute approximate surface area is 351 Å². The minimum atomic E-state index is -3.99. The number of methoxy groups -OCH3 is 1. The van der Waals surface area contributed by atoms with Crippen molar-refractivity contribution in [3.63, 3.8) is 0 Å². The summed E-state index contributed by atoms with van der Waals surface area (Å²) in [4.78, 5) is 65.2. The highest BCUT2D eigenvalue weighted by molar-refractivity contribution is 7.60. The van der Waals surface area contributed by atoms with Crippen LogP contribution in [0.15, 0.2) is 53.9 Å². The molecule has 6 atom stereocenters. The molecule has 6 rings (SSSR count). The number of thiazole rings is 1. The number of nitrogens with zero attached hydrogens (tertiary/aromatic N) is 3. The maximum atomic E-state index is 14.8. The van der Waals surface area contributed by atoms with Gasteiger partial charge in [0.2, 0.25) is 19.2 Å². The van der Waals surface area contributed by atoms with Crippen molar-refractivity contribution in [2.75, 3.05) is 25.1 Å². The number of carbonyl (C=O) groups is 3. The summed E-state index contributed by atoms with van der Waals surface area (Å²) in [6.07, 6.45) is 5.34. The number of carbonyl (C=O) groups excluding carboxylic acids is 3. The van der Waals surface area contributed by atoms with Gasteiger partial charge in [0.1, 0.15) is 46.8 Å². The van der Waals surface area contributed by atoms with Crippen molar-refractivity contribution < 1.29 is 38.1 Å². The van der Waals surface area contributed by atoms with Gasteiger partial charge in [0.15, 0.2) is 5.13 Å². The highest BCUT2D eigenvalue weighted by Crippen LogP contribution is 2.69. The van der Waals surface area contributed by atoms with E-state index in [2.05, 4.69) is 22.5 Å². The molecular weight excluding hydrogens is 792 g/mol. The molecule has 3 heterocycles. The van der Waals surface area contributed by atoms with E-state index in [1.54, 1.807) is 25.3 Å². The molecule has 3 aromatic rings. The van der Waals surface area contributed by atoms with Gasteiger partial charge in [-0.1, -0.05) is 38.5 Å². The number of aromatic nitrogens is 2. The molecular formula is C43H59N6O8PS. The van der Waals surface area contributed by atoms with Crippen LogP contribution < -0.4 is 25.4 Å². The second kappa shape index (κ2) is 17.6. The summed E-state index contributed by atoms with van der Waals surface area (Å²) < 4.78 is 32.0. The third kappa shape index (κ3) is 9.95. The second-order valence-electron chi connectivity index (χ2n) is 17.6. The van der Waals surface area contributed by atoms with Crippen LogP contribution >= 0.6 is 18.7 Å². The molecule has 4 N–H and O–H groups in total. The van der Waals surface area contributed by atoms with Gasteiger partial charge in [-0.3, -0.25) is 14.2 Å². The molecule has 2 aliphatic carbocycles. The van der Waals surface area contributed by atoms with Gasteiger partial charge >= 0.3 is 6.09 Å². The van der Waals surface area contributed by atoms with Gasteiger partial charge in [-0.25, -0.2) is 14.8 Å². The molecule has 0 bridgehead atoms. The third-order valence-corrected chi connectivity index (χ3v) is 14.6. The normalized spacial score (nSPS) is 23.3. The Hall–Kier alpha value is -4.46. The van der Waals surface area contributed by atoms with Gasteiger partial charge < -0.3 is 40.0 Å². The maximum Gasteiger partial charge on any atom is 0.408 e. The molecule has 14 nitrogen and oxygen atoms in total. The summed E-state index contributed by atoms with van der Waals surface area (Å²) in [5.74, 6) is -0.436. The van der Waals surface area contributed by atoms with Crippen LogP contribution in [0.1, 0.15) is 87.0 Å². The number of alkyl carbamates (subject to hydrolysis) is 1. The number of pyridine rings is 1. The zero-order valence-electron chi connectivity index (χ0n) is 35.4. The summed E-state index contributed by atoms with van der Waals surface area (Å²) in [6, 6.07) is 5.29. The molecule has 2 saturated carbocycles. The van der Waals surface area contributed by atoms with E-state index in [0.29, 0.717) is 33.8 Å². The van der Waals surface area contributed by atoms with Crippen LogP contribution in [-0.4, -0.2) is 93.1 Å². The second-order valence-corrected chi connectivity index (χ2v) is 21.0. The Balaban J connectivity index is 1.35. The number of ether oxygens (including phenoxy) is 3. The Morgan fingerprint density at radius 3 is 2.47 bits per heavy atom. The van der Waals surface area contributed by atoms with Crippen molar-refractivity contribution in [1.29, 1.82) is 0 Å². The van der Waals surface area contributed by atoms with E-state index in [1.807, 2.05) is 72.0 Å². The average molecular weight is 851 g/mol. The highest BCUT2D eigenvalue weighted by atomic mass is 32.1. The number of fused-ring (bicyclic) bond motifs is 1. The molecule has 1 unspecified atom stereocenters. The molecule has 3 aliphatic rings. The summed E-state index contributed by atoms with van der Waals surface area (Å²) in [7, 11) is -2.41. The lowest BCUT2D eigenvalue weighted by Crippen LogP contribution is -2.58. The number of benzene rings is 1. The number of likely N-dealkylation sites (tertiary alicyclic amines) is 1. The number of hydrogen-bond donors (Lipinski definition) is 4. The van der Waals surface area contributed by atoms with Gasteiger partial charge in [0.25, 0.3) is 0 Å². The van der Waals surface area contributed by atoms with Crippen LogP contribution in [0.2, 0.25) is 0 Å². The lowest BCUT2D eigenvalue weighted by molar-refractivity contribution is -0.142. The lowest BCUT2D eigenvalue weighted by atomic mass is 9.85. The van der Waals surface area contributed by atoms with E-state index >= 15 is 0 Å². The van der Waals surface area contributed by atoms with Crippen LogP contribution in [0, 0.1) is 11.3 Å². The van der Waals surface area contributed by atoms with Crippen LogP contribution in [0.3, 0.4) is 0 Å². The molecule has 16 heteroatoms. The fourth-order valence-electron chi connectivity index (χ4n) is 7.87. The minimum Gasteiger partial charge on any atom is -0.497 e. The SMILES string of the molecule is C=C[C@@H]1C[C@]1(NC(=O)[C@@H]1C[C@@H](Oc2cc(-c3csc(NC(C)C)n3)nc3cc(OC)ccc23)CN1C(=O)[C@@H](NC(=O)OC1CCCC1)C(C)(C)C)P(=O)(O)CC=C(C)C. The van der Waals surface area contributed by atoms with Gasteiger partial charge in [-0.05, 0) is 77.3 Å². The molecule has 1 saturated heterocycles. The van der Waals surface area contributed by atoms with Gasteiger partial charge in [-0.15, -0.1) is 17.9 Å². The summed E-state index contributed by atoms with van der Waals surface area (Å²) in [5.41, 5.74) is 1.90. The van der Waals surface area contributed by atoms with Crippen molar-refractivity contribution >= 4 is 52.6 Å². The first-order valence-corrected chi connectivity index (χ1v) is 23.1. The first-order valence-electron chi connectivity index (χ1n) is 20.4. The first kappa shape index (κ1) is 44.1. The van der Waals surface area contributed by atoms with E-state index in [4.69, 9.17) is 24.2 Å². The van der Waals surface area contributed by atoms with Gasteiger partial charge in [0, 0.05) is 47.4 Å². The predicted molar refractivity (Wildman–Crippen MR) is 231 cm³/mol. The number of nitrogens with one attached hydrogen (secondary N) is 3. The largest absolute Gasteiger partial charge is 0.497 e. The fourth-order valence-corrected chi connectivity index (χ4v) is 11.0. The zero-order valence-corrected chi connectivity index (χ0v) is 37.1. The predicted octanol–water partition coefficient (Wildman–Crippen LogP) is 7.87. The highest BCUT2D eigenvalue weighted by Gasteiger charge is 2.65. The van der Waals surface area contributed by atoms with E-state index in [9.17, 15) is 23.8 Å². The molecule has 1 aliphatic heterocycles. The third-order valence-electron chi connectivity index (χ3n) is 11.2. The zero-order chi connectivity index (χ0) is 42.9. The smallest absolute Gasteiger partial charge is 0.408 e. The summed E-state index contributed by atoms with van der Waals surface area (Å²) in [5, 5.41) is 11.0. The summed E-state index contributed by atoms with van der Waals surface area (Å²) in [6.45, 7) is 17.1. The average Bonchev–Trinajstić information content (AvgIpc) is 3.57. The Kier molecular flexibility index (Phi) is 13.2. The lowest BCUT2D eigenvalue weighted by Gasteiger charge is -2.35. The quantitative estimate of drug-likeness (QED) is 0.0863. The van der Waals surface area contributed by atoms with Crippen LogP contribution in [0.5, 0.6) is 11.5 Å². The monoisotopic (exact) mass is 850 g/mol. The van der Waals surface area contributed by atoms with E-state index in [1.165, 1.54) is 16.2 Å². The minimum absolute atomic E-state index is 0.0102. The Bertz CT molecular complexity index is 2140. The van der Waals surface area contributed by atoms with Gasteiger partial charge in [-0.2, -0.15) is 0 Å². The number of amides is 3. The maximum absolute atomic E-state index is 14.8. The number of allylic oxidation sites excluding steroid dienone is 2. The van der Waals surface area contributed by atoms with Gasteiger partial charge in [0.05, 0.1) is 24.9 Å². The van der Waals surface area contributed by atoms with E-state index < -0.39 is 60.1 Å². The molecule has 0 spiro atoms. The van der Waals surface area contributed by atoms with Crippen molar-refractivity contribution in [3.05, 3.63) is 53.9 Å². The van der Waals surface area contributed by atoms with Crippen molar-refractivity contribution in [2.24, 2.45) is 11.3 Å². The first-order chi connectivity index (χ1) is 27.8. The van der Waals surface area contributed by atoms with Crippen molar-refractivity contribution in [3.8, 4) is 22.9 Å². The van der Waals surface area contributed by atoms with Crippen LogP contribution in [-0.2, 0) is 18.9 Å². The molecule has 59 heavy (non-hydrogen) atoms. The van der Waals surface area contributed by atoms with Crippen molar-refractivity contribution in [1.82, 2.24) is 25.5 Å². The molecule has 0 radical (unpaired) electrons. The Morgan fingerprint density at radius 1 is 1.12 bits per heavy atom. The molecule has 3 amide bonds. The topological polar surface area (TPSA) is 181 Å². The fraction of sp³-hybridized carbons (Fsp3) is 0.558. The number of rotatable bonds is 15. The van der Waals surface area contributed by atoms with E-state index in [-0.39, 0.29) is 37.7 Å². The molecule has 320 valence electrons. The van der Waals surface area contributed by atoms with Crippen LogP contribution in [0.4, 0.5) is 9.93 Å². The standard InChI is InChI=1S/C43H59N6O8PS/c1-10-27-22-43(27,58(53,54)18-17-25(2)3)48-38(50)35-20-30(23-49(35)39(51)37(42(6,7)8)47-41(52)57-28-13-11-12-14-28)56-36-21-33(34-24-59-40(46-34)44-26(4)5)45-32-19-29(55-9)15-16-31(32)36/h10,15-17,19,21,24,26-28,30,35,37H,1,11-14,18,20,22-23H2,2-9H3,(H,44,46)(H,47,52)(H,48,50)(H,53,54)/t27-,30-,35+,37-,43+/m1/s1. The summed E-state index contributed by atoms with van der Waals surface area (Å²) >= 11 is 1.46. The molecule has 3 fully saturated rings. The molecule has 1 aromatic carbocycles. The number of hydrogen-bond acceptors (Lipinski definition) is 11. The molecule has 2 aromatic heterocycles. The Morgan fingerprint density at radius 2 is 1.85 bits per heavy atom. The van der Waals surface area contributed by atoms with Crippen LogP contribution in [0.25, 0.3) is 22.3 Å². The number of anilines is 1.